The molecule has 1 N–H and O–H groups in total. The largest absolute Gasteiger partial charge is 0.381 e. The van der Waals surface area contributed by atoms with Gasteiger partial charge in [0.2, 0.25) is 11.6 Å². The van der Waals surface area contributed by atoms with Gasteiger partial charge in [0.1, 0.15) is 10.7 Å². The molecule has 0 saturated heterocycles. The average Bonchev–Trinajstić information content (AvgIpc) is 2.48. The minimum atomic E-state index is -0.280. The molecule has 0 amide bonds. The van der Waals surface area contributed by atoms with Gasteiger partial charge in [-0.05, 0) is 6.42 Å². The molecule has 1 aromatic rings. The van der Waals surface area contributed by atoms with Crippen LogP contribution in [-0.2, 0) is 0 Å². The zero-order valence-electron chi connectivity index (χ0n) is 11.5. The number of nitrogens with one attached hydrogen (secondary N) is 1. The number of carbonyl (C=O) groups excluding carboxylic acids is 2. The van der Waals surface area contributed by atoms with E-state index < -0.39 is 0 Å². The molecule has 4 heteroatoms. The third kappa shape index (κ3) is 2.93. The zero-order chi connectivity index (χ0) is 14.5. The Morgan fingerprint density at radius 3 is 2.30 bits per heavy atom. The molecule has 0 radical (unpaired) electrons. The number of halogens is 1. The van der Waals surface area contributed by atoms with E-state index in [1.807, 2.05) is 0 Å². The Morgan fingerprint density at radius 1 is 1.00 bits per heavy atom. The molecule has 1 aliphatic carbocycles. The van der Waals surface area contributed by atoms with E-state index in [2.05, 4.69) is 12.2 Å². The number of carbonyl (C=O) groups is 2. The van der Waals surface area contributed by atoms with Gasteiger partial charge in [-0.25, -0.2) is 0 Å². The van der Waals surface area contributed by atoms with Crippen LogP contribution in [0.5, 0.6) is 0 Å². The number of allylic oxidation sites excluding steroid dienone is 2. The van der Waals surface area contributed by atoms with Crippen LogP contribution >= 0.6 is 11.6 Å². The Labute approximate surface area is 124 Å². The lowest BCUT2D eigenvalue weighted by Crippen LogP contribution is -2.29. The van der Waals surface area contributed by atoms with Crippen LogP contribution in [-0.4, -0.2) is 18.1 Å². The van der Waals surface area contributed by atoms with Gasteiger partial charge in [0.25, 0.3) is 0 Å². The molecule has 0 aromatic heterocycles. The summed E-state index contributed by atoms with van der Waals surface area (Å²) in [6.45, 7) is 2.81. The van der Waals surface area contributed by atoms with Crippen molar-refractivity contribution in [1.29, 1.82) is 0 Å². The maximum Gasteiger partial charge on any atom is 0.211 e. The van der Waals surface area contributed by atoms with Crippen molar-refractivity contribution in [1.82, 2.24) is 5.32 Å². The van der Waals surface area contributed by atoms with E-state index in [4.69, 9.17) is 11.6 Å². The Bertz CT molecular complexity index is 563. The number of ketones is 2. The first kappa shape index (κ1) is 14.8. The summed E-state index contributed by atoms with van der Waals surface area (Å²) >= 11 is 6.04. The van der Waals surface area contributed by atoms with Crippen molar-refractivity contribution in [3.63, 3.8) is 0 Å². The summed E-state index contributed by atoms with van der Waals surface area (Å²) in [5.41, 5.74) is 1.06. The van der Waals surface area contributed by atoms with Crippen molar-refractivity contribution in [3.05, 3.63) is 46.1 Å². The number of Topliss-reactive ketones (excluding diaryl/α,β-unsaturated/α-hetero) is 2. The smallest absolute Gasteiger partial charge is 0.211 e. The Balaban J connectivity index is 2.11. The maximum absolute atomic E-state index is 12.3. The second kappa shape index (κ2) is 6.71. The molecule has 106 valence electrons. The van der Waals surface area contributed by atoms with Gasteiger partial charge in [-0.15, -0.1) is 0 Å². The van der Waals surface area contributed by atoms with Crippen LogP contribution in [0.25, 0.3) is 0 Å². The van der Waals surface area contributed by atoms with Gasteiger partial charge >= 0.3 is 0 Å². The minimum Gasteiger partial charge on any atom is -0.381 e. The number of fused-ring (bicyclic) bond motifs is 1. The van der Waals surface area contributed by atoms with Crippen molar-refractivity contribution >= 4 is 23.2 Å². The van der Waals surface area contributed by atoms with E-state index in [9.17, 15) is 9.59 Å². The lowest BCUT2D eigenvalue weighted by molar-refractivity contribution is 0.0974. The van der Waals surface area contributed by atoms with Crippen LogP contribution in [0.4, 0.5) is 0 Å². The third-order valence-electron chi connectivity index (χ3n) is 3.39. The maximum atomic E-state index is 12.3. The fourth-order valence-electron chi connectivity index (χ4n) is 2.27. The van der Waals surface area contributed by atoms with Crippen LogP contribution in [0.3, 0.4) is 0 Å². The summed E-state index contributed by atoms with van der Waals surface area (Å²) in [7, 11) is 0. The van der Waals surface area contributed by atoms with Gasteiger partial charge in [0.05, 0.1) is 0 Å². The zero-order valence-corrected chi connectivity index (χ0v) is 12.3. The highest BCUT2D eigenvalue weighted by molar-refractivity contribution is 6.49. The quantitative estimate of drug-likeness (QED) is 0.813. The number of hydrogen-bond donors (Lipinski definition) is 1. The monoisotopic (exact) mass is 291 g/mol. The van der Waals surface area contributed by atoms with Crippen molar-refractivity contribution in [3.8, 4) is 0 Å². The fourth-order valence-corrected chi connectivity index (χ4v) is 2.52. The highest BCUT2D eigenvalue weighted by Gasteiger charge is 2.30. The number of unbranched alkanes of at least 4 members (excludes halogenated alkanes) is 3. The number of benzene rings is 1. The van der Waals surface area contributed by atoms with Crippen LogP contribution < -0.4 is 5.32 Å². The molecule has 0 unspecified atom stereocenters. The normalized spacial score (nSPS) is 14.5. The first-order valence-corrected chi connectivity index (χ1v) is 7.36. The van der Waals surface area contributed by atoms with Crippen molar-refractivity contribution in [2.45, 2.75) is 32.6 Å². The molecule has 0 aliphatic heterocycles. The number of rotatable bonds is 6. The van der Waals surface area contributed by atoms with E-state index in [-0.39, 0.29) is 22.3 Å². The molecule has 0 heterocycles. The molecular formula is C16H18ClNO2. The second-order valence-electron chi connectivity index (χ2n) is 4.88. The number of hydrogen-bond acceptors (Lipinski definition) is 3. The van der Waals surface area contributed by atoms with Crippen LogP contribution in [0, 0.1) is 0 Å². The SMILES string of the molecule is CCCCCCNC1=C(Cl)C(=O)c2ccccc2C1=O. The fraction of sp³-hybridized carbons (Fsp3) is 0.375. The molecule has 1 aliphatic rings. The van der Waals surface area contributed by atoms with E-state index in [0.29, 0.717) is 17.7 Å². The van der Waals surface area contributed by atoms with Gasteiger partial charge < -0.3 is 5.32 Å². The lowest BCUT2D eigenvalue weighted by atomic mass is 9.92. The van der Waals surface area contributed by atoms with Crippen LogP contribution in [0.2, 0.25) is 0 Å². The van der Waals surface area contributed by atoms with Gasteiger partial charge in [-0.2, -0.15) is 0 Å². The molecule has 0 fully saturated rings. The molecule has 0 atom stereocenters. The van der Waals surface area contributed by atoms with Gasteiger partial charge in [-0.3, -0.25) is 9.59 Å². The lowest BCUT2D eigenvalue weighted by Gasteiger charge is -2.18. The molecular weight excluding hydrogens is 274 g/mol. The summed E-state index contributed by atoms with van der Waals surface area (Å²) in [6.07, 6.45) is 4.40. The van der Waals surface area contributed by atoms with Crippen LogP contribution in [0.1, 0.15) is 53.3 Å². The van der Waals surface area contributed by atoms with E-state index >= 15 is 0 Å². The molecule has 0 spiro atoms. The summed E-state index contributed by atoms with van der Waals surface area (Å²) in [5, 5.41) is 3.03. The first-order chi connectivity index (χ1) is 9.66. The molecule has 3 nitrogen and oxygen atoms in total. The summed E-state index contributed by atoms with van der Waals surface area (Å²) in [6, 6.07) is 6.78. The molecule has 0 saturated carbocycles. The van der Waals surface area contributed by atoms with E-state index in [1.165, 1.54) is 6.42 Å². The van der Waals surface area contributed by atoms with Crippen molar-refractivity contribution in [2.75, 3.05) is 6.54 Å². The third-order valence-corrected chi connectivity index (χ3v) is 3.75. The standard InChI is InChI=1S/C16H18ClNO2/c1-2-3-4-7-10-18-14-13(17)15(19)11-8-5-6-9-12(11)16(14)20/h5-6,8-9,18H,2-4,7,10H2,1H3. The van der Waals surface area contributed by atoms with E-state index in [1.54, 1.807) is 24.3 Å². The predicted octanol–water partition coefficient (Wildman–Crippen LogP) is 3.69. The Morgan fingerprint density at radius 2 is 1.65 bits per heavy atom. The van der Waals surface area contributed by atoms with Gasteiger partial charge in [-0.1, -0.05) is 62.1 Å². The first-order valence-electron chi connectivity index (χ1n) is 6.99. The van der Waals surface area contributed by atoms with Crippen molar-refractivity contribution < 1.29 is 9.59 Å². The molecule has 2 rings (SSSR count). The second-order valence-corrected chi connectivity index (χ2v) is 5.26. The summed E-state index contributed by atoms with van der Waals surface area (Å²) < 4.78 is 0. The highest BCUT2D eigenvalue weighted by Crippen LogP contribution is 2.27. The van der Waals surface area contributed by atoms with E-state index in [0.717, 1.165) is 19.3 Å². The Kier molecular flexibility index (Phi) is 4.96. The van der Waals surface area contributed by atoms with Crippen molar-refractivity contribution in [2.24, 2.45) is 0 Å². The molecule has 1 aromatic carbocycles. The minimum absolute atomic E-state index is 0.00388. The predicted molar refractivity (Wildman–Crippen MR) is 80.1 cm³/mol. The van der Waals surface area contributed by atoms with Gasteiger partial charge in [0.15, 0.2) is 0 Å². The van der Waals surface area contributed by atoms with Crippen LogP contribution in [0.15, 0.2) is 35.0 Å². The summed E-state index contributed by atoms with van der Waals surface area (Å²) in [5.74, 6) is -0.474. The Hall–Kier alpha value is -1.61. The topological polar surface area (TPSA) is 46.2 Å². The average molecular weight is 292 g/mol. The molecule has 20 heavy (non-hydrogen) atoms. The van der Waals surface area contributed by atoms with Gasteiger partial charge in [0, 0.05) is 17.7 Å². The summed E-state index contributed by atoms with van der Waals surface area (Å²) in [4.78, 5) is 24.5. The highest BCUT2D eigenvalue weighted by atomic mass is 35.5. The molecule has 0 bridgehead atoms.